The molecule has 0 aromatic rings. The van der Waals surface area contributed by atoms with Gasteiger partial charge in [0, 0.05) is 39.3 Å². The molecule has 0 aromatic heterocycles. The van der Waals surface area contributed by atoms with Gasteiger partial charge < -0.3 is 20.8 Å². The molecule has 1 atom stereocenters. The van der Waals surface area contributed by atoms with E-state index < -0.39 is 6.04 Å². The van der Waals surface area contributed by atoms with E-state index in [0.717, 1.165) is 58.5 Å². The number of nitrogens with one attached hydrogen (secondary N) is 3. The second-order valence-electron chi connectivity index (χ2n) is 10.9. The maximum absolute atomic E-state index is 12.9. The first-order chi connectivity index (χ1) is 19.1. The van der Waals surface area contributed by atoms with Crippen LogP contribution in [0.4, 0.5) is 0 Å². The fraction of sp³-hybridized carbons (Fsp3) is 0.867. The van der Waals surface area contributed by atoms with Crippen LogP contribution in [0.25, 0.3) is 4.84 Å². The summed E-state index contributed by atoms with van der Waals surface area (Å²) in [6.45, 7) is 7.91. The lowest BCUT2D eigenvalue weighted by Gasteiger charge is -2.34. The number of hydrogen-bond acceptors (Lipinski definition) is 5. The highest BCUT2D eigenvalue weighted by atomic mass is 35.5. The van der Waals surface area contributed by atoms with Crippen molar-refractivity contribution in [3.8, 4) is 0 Å². The zero-order valence-electron chi connectivity index (χ0n) is 25.0. The molecule has 1 fully saturated rings. The van der Waals surface area contributed by atoms with Gasteiger partial charge in [0.05, 0.1) is 6.67 Å². The Morgan fingerprint density at radius 3 is 1.97 bits per heavy atom. The van der Waals surface area contributed by atoms with Crippen molar-refractivity contribution in [1.82, 2.24) is 25.8 Å². The molecule has 1 aliphatic heterocycles. The fourth-order valence-electron chi connectivity index (χ4n) is 4.89. The van der Waals surface area contributed by atoms with E-state index in [2.05, 4.69) is 49.7 Å². The van der Waals surface area contributed by atoms with E-state index in [1.807, 2.05) is 7.05 Å². The Bertz CT molecular complexity index is 629. The van der Waals surface area contributed by atoms with Gasteiger partial charge in [-0.15, -0.1) is 6.54 Å². The summed E-state index contributed by atoms with van der Waals surface area (Å²) in [7, 11) is 1.95. The van der Waals surface area contributed by atoms with Gasteiger partial charge in [0.1, 0.15) is 6.04 Å². The minimum Gasteiger partial charge on any atom is -0.575 e. The number of nitrogens with zero attached hydrogens (tertiary/aromatic N) is 3. The van der Waals surface area contributed by atoms with Crippen molar-refractivity contribution in [3.05, 3.63) is 17.0 Å². The largest absolute Gasteiger partial charge is 0.575 e. The maximum Gasteiger partial charge on any atom is 0.243 e. The van der Waals surface area contributed by atoms with Crippen LogP contribution in [0, 0.1) is 0 Å². The third-order valence-electron chi connectivity index (χ3n) is 7.38. The van der Waals surface area contributed by atoms with E-state index in [0.29, 0.717) is 32.5 Å². The van der Waals surface area contributed by atoms with Gasteiger partial charge in [0.2, 0.25) is 11.8 Å². The molecular formula is C30H58ClN6O2-. The molecule has 0 aliphatic carbocycles. The van der Waals surface area contributed by atoms with E-state index in [9.17, 15) is 9.59 Å². The smallest absolute Gasteiger partial charge is 0.243 e. The van der Waals surface area contributed by atoms with Gasteiger partial charge >= 0.3 is 0 Å². The van der Waals surface area contributed by atoms with Crippen LogP contribution in [0.2, 0.25) is 0 Å². The van der Waals surface area contributed by atoms with E-state index in [-0.39, 0.29) is 11.8 Å². The molecule has 0 radical (unpaired) electrons. The van der Waals surface area contributed by atoms with Gasteiger partial charge in [-0.3, -0.25) is 31.2 Å². The molecule has 0 aromatic carbocycles. The monoisotopic (exact) mass is 569 g/mol. The summed E-state index contributed by atoms with van der Waals surface area (Å²) < 4.78 is 0. The summed E-state index contributed by atoms with van der Waals surface area (Å²) in [6, 6.07) is -0.537. The molecule has 0 saturated carbocycles. The summed E-state index contributed by atoms with van der Waals surface area (Å²) in [5, 5.41) is 9.16. The van der Waals surface area contributed by atoms with Crippen LogP contribution in [-0.4, -0.2) is 80.8 Å². The molecule has 3 N–H and O–H groups in total. The number of unbranched alkanes of at least 4 members (excludes halogenated alkanes) is 11. The first-order valence-electron chi connectivity index (χ1n) is 15.7. The molecule has 1 saturated heterocycles. The summed E-state index contributed by atoms with van der Waals surface area (Å²) in [5.41, 5.74) is 0. The molecular weight excluding hydrogens is 512 g/mol. The number of halogens is 1. The minimum absolute atomic E-state index is 0.0451. The quantitative estimate of drug-likeness (QED) is 0.0971. The number of rotatable bonds is 25. The molecule has 9 heteroatoms. The number of carbonyl (C=O) groups is 2. The van der Waals surface area contributed by atoms with Gasteiger partial charge in [0.25, 0.3) is 0 Å². The van der Waals surface area contributed by atoms with Crippen molar-refractivity contribution in [3.63, 3.8) is 0 Å². The second-order valence-corrected chi connectivity index (χ2v) is 11.1. The van der Waals surface area contributed by atoms with Crippen LogP contribution in [0.5, 0.6) is 0 Å². The third kappa shape index (κ3) is 20.4. The number of amides is 2. The van der Waals surface area contributed by atoms with E-state index in [1.165, 1.54) is 57.8 Å². The van der Waals surface area contributed by atoms with E-state index in [1.54, 1.807) is 0 Å². The van der Waals surface area contributed by atoms with Gasteiger partial charge in [-0.1, -0.05) is 76.9 Å². The molecule has 39 heavy (non-hydrogen) atoms. The molecule has 8 nitrogen and oxygen atoms in total. The number of allylic oxidation sites excluding steroid dienone is 2. The van der Waals surface area contributed by atoms with Crippen molar-refractivity contribution in [2.75, 3.05) is 53.1 Å². The number of piperazine rings is 1. The predicted octanol–water partition coefficient (Wildman–Crippen LogP) is 5.68. The molecule has 228 valence electrons. The highest BCUT2D eigenvalue weighted by molar-refractivity contribution is 6.24. The highest BCUT2D eigenvalue weighted by Gasteiger charge is 2.22. The van der Waals surface area contributed by atoms with Crippen LogP contribution in [-0.2, 0) is 9.59 Å². The van der Waals surface area contributed by atoms with Crippen molar-refractivity contribution >= 4 is 23.6 Å². The third-order valence-corrected chi connectivity index (χ3v) is 7.55. The van der Waals surface area contributed by atoms with Crippen LogP contribution in [0.15, 0.2) is 12.2 Å². The molecule has 1 heterocycles. The van der Waals surface area contributed by atoms with Crippen molar-refractivity contribution in [1.29, 1.82) is 0 Å². The standard InChI is InChI=1S/C30H58ClN6O2/c1-3-4-5-6-7-8-9-10-11-12-13-14-15-16-17-20-29(38)35-28(19-18-21-34-31)30(39)33-27-37-24-22-36(23-25-37)26-32-2/h10-11,28,32H,3-9,12-27H2,1-2H3,(H,33,39)(H,35,38)/q-1/b11-10-/t28-/m0/s1. The lowest BCUT2D eigenvalue weighted by Crippen LogP contribution is -2.54. The number of hydrogen-bond donors (Lipinski definition) is 3. The molecule has 1 aliphatic rings. The van der Waals surface area contributed by atoms with E-state index >= 15 is 0 Å². The Hall–Kier alpha value is -1.19. The first kappa shape index (κ1) is 35.8. The molecule has 0 bridgehead atoms. The van der Waals surface area contributed by atoms with E-state index in [4.69, 9.17) is 11.8 Å². The first-order valence-corrected chi connectivity index (χ1v) is 16.0. The van der Waals surface area contributed by atoms with Crippen molar-refractivity contribution in [2.45, 2.75) is 116 Å². The molecule has 0 unspecified atom stereocenters. The SMILES string of the molecule is CCCCCCCC/C=C\CCCCCCCC(=O)N[C@@H](CCC[N-]Cl)C(=O)NCN1CCN(CNC)CC1. The summed E-state index contributed by atoms with van der Waals surface area (Å²) in [4.78, 5) is 33.6. The van der Waals surface area contributed by atoms with Crippen molar-refractivity contribution in [2.24, 2.45) is 0 Å². The average Bonchev–Trinajstić information content (AvgIpc) is 2.94. The Labute approximate surface area is 244 Å². The van der Waals surface area contributed by atoms with Gasteiger partial charge in [-0.2, -0.15) is 0 Å². The van der Waals surface area contributed by atoms with Gasteiger partial charge in [-0.25, -0.2) is 0 Å². The average molecular weight is 570 g/mol. The number of carbonyl (C=O) groups excluding carboxylic acids is 2. The normalized spacial score (nSPS) is 15.6. The predicted molar refractivity (Wildman–Crippen MR) is 165 cm³/mol. The zero-order valence-corrected chi connectivity index (χ0v) is 25.8. The summed E-state index contributed by atoms with van der Waals surface area (Å²) in [5.74, 6) is -0.170. The Morgan fingerprint density at radius 1 is 0.821 bits per heavy atom. The topological polar surface area (TPSA) is 90.8 Å². The van der Waals surface area contributed by atoms with Crippen LogP contribution < -0.4 is 16.0 Å². The summed E-state index contributed by atoms with van der Waals surface area (Å²) >= 11 is 5.46. The zero-order chi connectivity index (χ0) is 28.4. The lowest BCUT2D eigenvalue weighted by atomic mass is 10.1. The Morgan fingerprint density at radius 2 is 1.38 bits per heavy atom. The van der Waals surface area contributed by atoms with Crippen molar-refractivity contribution < 1.29 is 9.59 Å². The van der Waals surface area contributed by atoms with Gasteiger partial charge in [0.15, 0.2) is 0 Å². The molecule has 1 rings (SSSR count). The highest BCUT2D eigenvalue weighted by Crippen LogP contribution is 2.11. The Balaban J connectivity index is 2.15. The lowest BCUT2D eigenvalue weighted by molar-refractivity contribution is -0.129. The second kappa shape index (κ2) is 25.8. The van der Waals surface area contributed by atoms with Crippen LogP contribution in [0.3, 0.4) is 0 Å². The maximum atomic E-state index is 12.9. The molecule has 2 amide bonds. The van der Waals surface area contributed by atoms with Crippen LogP contribution in [0.1, 0.15) is 110 Å². The molecule has 0 spiro atoms. The van der Waals surface area contributed by atoms with Gasteiger partial charge in [-0.05, 0) is 45.6 Å². The summed E-state index contributed by atoms with van der Waals surface area (Å²) in [6.07, 6.45) is 22.4. The minimum atomic E-state index is -0.537. The Kier molecular flexibility index (Phi) is 23.7. The van der Waals surface area contributed by atoms with Crippen LogP contribution >= 0.6 is 11.8 Å². The fourth-order valence-corrected chi connectivity index (χ4v) is 5.01.